The van der Waals surface area contributed by atoms with Crippen LogP contribution in [0.1, 0.15) is 34.0 Å². The molecule has 34 heavy (non-hydrogen) atoms. The Labute approximate surface area is 203 Å². The zero-order valence-corrected chi connectivity index (χ0v) is 19.9. The standard InChI is InChI=1S/C23H20N4O5S2/c1-3-19-25-26-23(34-19)20-21(28)18(33-22(20)24)10-14-9-16(31-2)17(11-15(14)27(29)30)32-12-13-7-5-4-6-8-13/h4-11,20,24H,3,12H2,1-2H3/b18-10-,24-22?/t20-/m1/s1. The van der Waals surface area contributed by atoms with Gasteiger partial charge in [-0.1, -0.05) is 49.0 Å². The van der Waals surface area contributed by atoms with Gasteiger partial charge in [-0.2, -0.15) is 0 Å². The third kappa shape index (κ3) is 4.85. The van der Waals surface area contributed by atoms with E-state index >= 15 is 0 Å². The summed E-state index contributed by atoms with van der Waals surface area (Å²) in [5, 5.41) is 29.6. The summed E-state index contributed by atoms with van der Waals surface area (Å²) >= 11 is 2.27. The maximum absolute atomic E-state index is 13.1. The fourth-order valence-electron chi connectivity index (χ4n) is 3.33. The van der Waals surface area contributed by atoms with Crippen LogP contribution < -0.4 is 9.47 Å². The molecule has 0 radical (unpaired) electrons. The van der Waals surface area contributed by atoms with Gasteiger partial charge in [-0.05, 0) is 24.1 Å². The molecule has 2 heterocycles. The van der Waals surface area contributed by atoms with Gasteiger partial charge in [-0.3, -0.25) is 20.3 Å². The number of benzene rings is 2. The first kappa shape index (κ1) is 23.6. The monoisotopic (exact) mass is 496 g/mol. The predicted octanol–water partition coefficient (Wildman–Crippen LogP) is 5.01. The normalized spacial score (nSPS) is 16.8. The van der Waals surface area contributed by atoms with Crippen molar-refractivity contribution in [1.29, 1.82) is 5.41 Å². The minimum absolute atomic E-state index is 0.118. The molecule has 0 spiro atoms. The lowest BCUT2D eigenvalue weighted by Crippen LogP contribution is -2.11. The van der Waals surface area contributed by atoms with Crippen molar-refractivity contribution in [3.63, 3.8) is 0 Å². The Morgan fingerprint density at radius 1 is 1.21 bits per heavy atom. The first-order valence-electron chi connectivity index (χ1n) is 10.3. The fraction of sp³-hybridized carbons (Fsp3) is 0.217. The number of carbonyl (C=O) groups is 1. The highest BCUT2D eigenvalue weighted by atomic mass is 32.2. The largest absolute Gasteiger partial charge is 0.493 e. The number of nitro benzene ring substituents is 1. The topological polar surface area (TPSA) is 128 Å². The molecule has 1 aromatic heterocycles. The van der Waals surface area contributed by atoms with E-state index < -0.39 is 10.8 Å². The predicted molar refractivity (Wildman–Crippen MR) is 131 cm³/mol. The third-order valence-electron chi connectivity index (χ3n) is 5.05. The van der Waals surface area contributed by atoms with Crippen molar-refractivity contribution in [1.82, 2.24) is 10.2 Å². The summed E-state index contributed by atoms with van der Waals surface area (Å²) in [5.74, 6) is -0.640. The fourth-order valence-corrected chi connectivity index (χ4v) is 5.27. The molecule has 1 N–H and O–H groups in total. The van der Waals surface area contributed by atoms with Crippen LogP contribution >= 0.6 is 23.1 Å². The van der Waals surface area contributed by atoms with Gasteiger partial charge in [-0.15, -0.1) is 21.5 Å². The number of aromatic nitrogens is 2. The second-order valence-corrected chi connectivity index (χ2v) is 9.43. The molecule has 1 atom stereocenters. The Morgan fingerprint density at radius 2 is 1.97 bits per heavy atom. The van der Waals surface area contributed by atoms with Crippen LogP contribution in [0, 0.1) is 15.5 Å². The van der Waals surface area contributed by atoms with Crippen molar-refractivity contribution in [3.8, 4) is 11.5 Å². The molecule has 0 aliphatic carbocycles. The summed E-state index contributed by atoms with van der Waals surface area (Å²) in [6.07, 6.45) is 2.11. The summed E-state index contributed by atoms with van der Waals surface area (Å²) in [4.78, 5) is 24.6. The minimum Gasteiger partial charge on any atom is -0.493 e. The number of nitrogens with one attached hydrogen (secondary N) is 1. The summed E-state index contributed by atoms with van der Waals surface area (Å²) in [7, 11) is 1.44. The molecule has 9 nitrogen and oxygen atoms in total. The molecule has 0 bridgehead atoms. The summed E-state index contributed by atoms with van der Waals surface area (Å²) in [6.45, 7) is 2.15. The Morgan fingerprint density at radius 3 is 2.62 bits per heavy atom. The lowest BCUT2D eigenvalue weighted by atomic mass is 10.0. The molecule has 0 amide bonds. The van der Waals surface area contributed by atoms with Crippen LogP contribution in [-0.4, -0.2) is 33.1 Å². The van der Waals surface area contributed by atoms with Gasteiger partial charge < -0.3 is 9.47 Å². The number of ketones is 1. The van der Waals surface area contributed by atoms with Gasteiger partial charge in [0.15, 0.2) is 17.3 Å². The molecule has 1 fully saturated rings. The van der Waals surface area contributed by atoms with E-state index in [1.807, 2.05) is 37.3 Å². The van der Waals surface area contributed by atoms with Gasteiger partial charge in [0.05, 0.1) is 33.6 Å². The maximum Gasteiger partial charge on any atom is 0.280 e. The Hall–Kier alpha value is -3.57. The average Bonchev–Trinajstić information content (AvgIpc) is 3.41. The molecule has 0 saturated carbocycles. The Bertz CT molecular complexity index is 1290. The van der Waals surface area contributed by atoms with E-state index in [1.165, 1.54) is 36.7 Å². The number of hydrogen-bond acceptors (Lipinski definition) is 10. The number of allylic oxidation sites excluding steroid dienone is 1. The number of methoxy groups -OCH3 is 1. The SMILES string of the molecule is CCc1nnc([C@H]2C(=N)S/C(=C\c3cc(OC)c(OCc4ccccc4)cc3[N+](=O)[O-])C2=O)s1. The molecule has 1 aliphatic rings. The van der Waals surface area contributed by atoms with Crippen LogP contribution in [-0.2, 0) is 17.8 Å². The van der Waals surface area contributed by atoms with Gasteiger partial charge >= 0.3 is 0 Å². The zero-order valence-electron chi connectivity index (χ0n) is 18.3. The molecular formula is C23H20N4O5S2. The van der Waals surface area contributed by atoms with Crippen LogP contribution in [0.3, 0.4) is 0 Å². The van der Waals surface area contributed by atoms with Crippen molar-refractivity contribution < 1.29 is 19.2 Å². The number of ether oxygens (including phenoxy) is 2. The number of thioether (sulfide) groups is 1. The quantitative estimate of drug-likeness (QED) is 0.262. The van der Waals surface area contributed by atoms with Crippen LogP contribution in [0.25, 0.3) is 6.08 Å². The third-order valence-corrected chi connectivity index (χ3v) is 7.18. The first-order chi connectivity index (χ1) is 16.4. The van der Waals surface area contributed by atoms with Gasteiger partial charge in [0.2, 0.25) is 0 Å². The summed E-state index contributed by atoms with van der Waals surface area (Å²) in [5.41, 5.74) is 0.854. The molecule has 2 aromatic carbocycles. The van der Waals surface area contributed by atoms with Crippen LogP contribution in [0.4, 0.5) is 5.69 Å². The summed E-state index contributed by atoms with van der Waals surface area (Å²) < 4.78 is 11.2. The molecular weight excluding hydrogens is 476 g/mol. The van der Waals surface area contributed by atoms with Crippen molar-refractivity contribution in [3.05, 3.63) is 78.6 Å². The minimum atomic E-state index is -0.830. The van der Waals surface area contributed by atoms with Crippen molar-refractivity contribution >= 4 is 45.7 Å². The number of rotatable bonds is 8. The molecule has 3 aromatic rings. The first-order valence-corrected chi connectivity index (χ1v) is 11.9. The van der Waals surface area contributed by atoms with Gasteiger partial charge in [0, 0.05) is 0 Å². The van der Waals surface area contributed by atoms with Crippen LogP contribution in [0.2, 0.25) is 0 Å². The van der Waals surface area contributed by atoms with E-state index in [0.29, 0.717) is 17.2 Å². The van der Waals surface area contributed by atoms with Crippen molar-refractivity contribution in [2.24, 2.45) is 0 Å². The maximum atomic E-state index is 13.1. The number of nitrogens with zero attached hydrogens (tertiary/aromatic N) is 3. The average molecular weight is 497 g/mol. The van der Waals surface area contributed by atoms with Crippen LogP contribution in [0.5, 0.6) is 11.5 Å². The van der Waals surface area contributed by atoms with E-state index in [0.717, 1.165) is 22.3 Å². The molecule has 0 unspecified atom stereocenters. The van der Waals surface area contributed by atoms with Crippen molar-refractivity contribution in [2.45, 2.75) is 25.9 Å². The molecule has 11 heteroatoms. The van der Waals surface area contributed by atoms with Gasteiger partial charge in [0.1, 0.15) is 22.5 Å². The Kier molecular flexibility index (Phi) is 7.03. The lowest BCUT2D eigenvalue weighted by Gasteiger charge is -2.12. The smallest absolute Gasteiger partial charge is 0.280 e. The molecule has 1 aliphatic heterocycles. The number of nitro groups is 1. The number of carbonyl (C=O) groups excluding carboxylic acids is 1. The van der Waals surface area contributed by atoms with E-state index in [9.17, 15) is 14.9 Å². The number of aryl methyl sites for hydroxylation is 1. The number of Topliss-reactive ketones (excluding diaryl/α,β-unsaturated/α-hetero) is 1. The van der Waals surface area contributed by atoms with E-state index in [2.05, 4.69) is 10.2 Å². The lowest BCUT2D eigenvalue weighted by molar-refractivity contribution is -0.385. The van der Waals surface area contributed by atoms with E-state index in [-0.39, 0.29) is 39.3 Å². The molecule has 4 rings (SSSR count). The second-order valence-electron chi connectivity index (χ2n) is 7.25. The zero-order chi connectivity index (χ0) is 24.2. The summed E-state index contributed by atoms with van der Waals surface area (Å²) in [6, 6.07) is 12.2. The Balaban J connectivity index is 1.66. The van der Waals surface area contributed by atoms with Crippen LogP contribution in [0.15, 0.2) is 47.4 Å². The van der Waals surface area contributed by atoms with Gasteiger partial charge in [-0.25, -0.2) is 0 Å². The highest BCUT2D eigenvalue weighted by molar-refractivity contribution is 8.19. The van der Waals surface area contributed by atoms with Crippen molar-refractivity contribution in [2.75, 3.05) is 7.11 Å². The van der Waals surface area contributed by atoms with E-state index in [1.54, 1.807) is 0 Å². The second kappa shape index (κ2) is 10.1. The molecule has 174 valence electrons. The highest BCUT2D eigenvalue weighted by Gasteiger charge is 2.39. The molecule has 1 saturated heterocycles. The van der Waals surface area contributed by atoms with E-state index in [4.69, 9.17) is 14.9 Å². The highest BCUT2D eigenvalue weighted by Crippen LogP contribution is 2.43. The van der Waals surface area contributed by atoms with Gasteiger partial charge in [0.25, 0.3) is 5.69 Å². The number of hydrogen-bond donors (Lipinski definition) is 1.